The third-order valence-corrected chi connectivity index (χ3v) is 4.03. The van der Waals surface area contributed by atoms with E-state index in [4.69, 9.17) is 0 Å². The summed E-state index contributed by atoms with van der Waals surface area (Å²) in [6.45, 7) is 4.06. The molecule has 2 heterocycles. The Labute approximate surface area is 113 Å². The molecule has 0 spiro atoms. The van der Waals surface area contributed by atoms with Crippen LogP contribution in [-0.2, 0) is 23.2 Å². The number of nitrogens with one attached hydrogen (secondary N) is 1. The van der Waals surface area contributed by atoms with Gasteiger partial charge < -0.3 is 10.2 Å². The Bertz CT molecular complexity index is 511. The molecule has 1 N–H and O–H groups in total. The molecule has 18 heavy (non-hydrogen) atoms. The largest absolute Gasteiger partial charge is 0.343 e. The molecule has 1 aromatic heterocycles. The average molecular weight is 315 g/mol. The third kappa shape index (κ3) is 2.27. The Morgan fingerprint density at radius 3 is 2.72 bits per heavy atom. The molecule has 98 valence electrons. The van der Waals surface area contributed by atoms with E-state index < -0.39 is 6.04 Å². The topological polar surface area (TPSA) is 67.2 Å². The van der Waals surface area contributed by atoms with E-state index in [-0.39, 0.29) is 18.4 Å². The highest BCUT2D eigenvalue weighted by Gasteiger charge is 2.30. The molecule has 1 fully saturated rings. The number of aromatic nitrogens is 2. The smallest absolute Gasteiger partial charge is 0.245 e. The molecule has 2 rings (SSSR count). The predicted molar refractivity (Wildman–Crippen MR) is 68.7 cm³/mol. The van der Waals surface area contributed by atoms with E-state index in [1.54, 1.807) is 16.5 Å². The van der Waals surface area contributed by atoms with Gasteiger partial charge in [0.15, 0.2) is 0 Å². The van der Waals surface area contributed by atoms with Crippen LogP contribution < -0.4 is 5.32 Å². The molecule has 2 amide bonds. The molecule has 0 aromatic carbocycles. The molecule has 7 heteroatoms. The molecule has 1 aliphatic heterocycles. The number of carbonyl (C=O) groups excluding carboxylic acids is 2. The SMILES string of the molecule is Cc1nn(C)c(CN2CC(=O)NC(C)C2=O)c1Br. The van der Waals surface area contributed by atoms with Crippen molar-refractivity contribution in [1.29, 1.82) is 0 Å². The second kappa shape index (κ2) is 4.72. The highest BCUT2D eigenvalue weighted by Crippen LogP contribution is 2.22. The molecule has 0 saturated carbocycles. The first kappa shape index (κ1) is 13.1. The van der Waals surface area contributed by atoms with E-state index in [9.17, 15) is 9.59 Å². The van der Waals surface area contributed by atoms with E-state index in [0.717, 1.165) is 15.9 Å². The normalized spacial score (nSPS) is 20.2. The Kier molecular flexibility index (Phi) is 3.43. The maximum atomic E-state index is 12.0. The van der Waals surface area contributed by atoms with Gasteiger partial charge in [0.2, 0.25) is 11.8 Å². The van der Waals surface area contributed by atoms with Crippen LogP contribution in [0.15, 0.2) is 4.47 Å². The van der Waals surface area contributed by atoms with E-state index >= 15 is 0 Å². The van der Waals surface area contributed by atoms with Crippen molar-refractivity contribution in [2.24, 2.45) is 7.05 Å². The maximum absolute atomic E-state index is 12.0. The molecule has 1 aliphatic rings. The van der Waals surface area contributed by atoms with Crippen LogP contribution in [0.4, 0.5) is 0 Å². The first-order valence-electron chi connectivity index (χ1n) is 5.66. The van der Waals surface area contributed by atoms with E-state index in [1.165, 1.54) is 0 Å². The monoisotopic (exact) mass is 314 g/mol. The summed E-state index contributed by atoms with van der Waals surface area (Å²) in [6, 6.07) is -0.459. The summed E-state index contributed by atoms with van der Waals surface area (Å²) in [4.78, 5) is 25.0. The highest BCUT2D eigenvalue weighted by atomic mass is 79.9. The predicted octanol–water partition coefficient (Wildman–Crippen LogP) is 0.338. The summed E-state index contributed by atoms with van der Waals surface area (Å²) >= 11 is 3.46. The lowest BCUT2D eigenvalue weighted by Crippen LogP contribution is -2.56. The molecular formula is C11H15BrN4O2. The van der Waals surface area contributed by atoms with Gasteiger partial charge in [-0.3, -0.25) is 14.3 Å². The van der Waals surface area contributed by atoms with Crippen LogP contribution in [0.25, 0.3) is 0 Å². The van der Waals surface area contributed by atoms with Gasteiger partial charge >= 0.3 is 0 Å². The van der Waals surface area contributed by atoms with Crippen molar-refractivity contribution in [3.8, 4) is 0 Å². The summed E-state index contributed by atoms with van der Waals surface area (Å²) in [5.74, 6) is -0.197. The molecule has 1 unspecified atom stereocenters. The Hall–Kier alpha value is -1.37. The Morgan fingerprint density at radius 2 is 2.17 bits per heavy atom. The number of amides is 2. The summed E-state index contributed by atoms with van der Waals surface area (Å²) in [5, 5.41) is 6.89. The minimum Gasteiger partial charge on any atom is -0.343 e. The van der Waals surface area contributed by atoms with Gasteiger partial charge in [-0.05, 0) is 29.8 Å². The van der Waals surface area contributed by atoms with Crippen LogP contribution >= 0.6 is 15.9 Å². The van der Waals surface area contributed by atoms with Gasteiger partial charge in [0.05, 0.1) is 22.4 Å². The van der Waals surface area contributed by atoms with Gasteiger partial charge in [-0.1, -0.05) is 0 Å². The minimum absolute atomic E-state index is 0.0691. The number of carbonyl (C=O) groups is 2. The van der Waals surface area contributed by atoms with Crippen LogP contribution in [-0.4, -0.2) is 39.1 Å². The van der Waals surface area contributed by atoms with E-state index in [0.29, 0.717) is 6.54 Å². The number of piperazine rings is 1. The van der Waals surface area contributed by atoms with Crippen LogP contribution in [0.5, 0.6) is 0 Å². The molecule has 1 atom stereocenters. The number of nitrogens with zero attached hydrogens (tertiary/aromatic N) is 3. The van der Waals surface area contributed by atoms with Crippen molar-refractivity contribution in [3.05, 3.63) is 15.9 Å². The first-order valence-corrected chi connectivity index (χ1v) is 6.45. The summed E-state index contributed by atoms with van der Waals surface area (Å²) in [5.41, 5.74) is 1.76. The van der Waals surface area contributed by atoms with Crippen molar-refractivity contribution in [1.82, 2.24) is 20.0 Å². The number of hydrogen-bond donors (Lipinski definition) is 1. The number of rotatable bonds is 2. The number of aryl methyl sites for hydroxylation is 2. The highest BCUT2D eigenvalue weighted by molar-refractivity contribution is 9.10. The third-order valence-electron chi connectivity index (χ3n) is 3.00. The summed E-state index contributed by atoms with van der Waals surface area (Å²) in [6.07, 6.45) is 0. The van der Waals surface area contributed by atoms with Crippen LogP contribution in [0.1, 0.15) is 18.3 Å². The van der Waals surface area contributed by atoms with Crippen molar-refractivity contribution >= 4 is 27.7 Å². The van der Waals surface area contributed by atoms with Gasteiger partial charge in [0.25, 0.3) is 0 Å². The molecule has 1 aromatic rings. The minimum atomic E-state index is -0.459. The van der Waals surface area contributed by atoms with E-state index in [1.807, 2.05) is 14.0 Å². The zero-order valence-corrected chi connectivity index (χ0v) is 12.1. The van der Waals surface area contributed by atoms with Crippen LogP contribution in [0, 0.1) is 6.92 Å². The van der Waals surface area contributed by atoms with Crippen molar-refractivity contribution < 1.29 is 9.59 Å². The molecule has 0 aliphatic carbocycles. The van der Waals surface area contributed by atoms with Crippen LogP contribution in [0.3, 0.4) is 0 Å². The fourth-order valence-electron chi connectivity index (χ4n) is 2.04. The lowest BCUT2D eigenvalue weighted by Gasteiger charge is -2.30. The van der Waals surface area contributed by atoms with Gasteiger partial charge in [-0.2, -0.15) is 5.10 Å². The average Bonchev–Trinajstić information content (AvgIpc) is 2.52. The Balaban J connectivity index is 2.22. The summed E-state index contributed by atoms with van der Waals surface area (Å²) < 4.78 is 2.61. The van der Waals surface area contributed by atoms with Gasteiger partial charge in [-0.25, -0.2) is 0 Å². The second-order valence-corrected chi connectivity index (χ2v) is 5.25. The van der Waals surface area contributed by atoms with Gasteiger partial charge in [-0.15, -0.1) is 0 Å². The molecule has 6 nitrogen and oxygen atoms in total. The lowest BCUT2D eigenvalue weighted by molar-refractivity contribution is -0.144. The molecular weight excluding hydrogens is 300 g/mol. The second-order valence-electron chi connectivity index (χ2n) is 4.45. The molecule has 0 radical (unpaired) electrons. The number of hydrogen-bond acceptors (Lipinski definition) is 3. The van der Waals surface area contributed by atoms with Crippen molar-refractivity contribution in [2.75, 3.05) is 6.54 Å². The van der Waals surface area contributed by atoms with Crippen LogP contribution in [0.2, 0.25) is 0 Å². The van der Waals surface area contributed by atoms with Crippen molar-refractivity contribution in [2.45, 2.75) is 26.4 Å². The lowest BCUT2D eigenvalue weighted by atomic mass is 10.2. The fourth-order valence-corrected chi connectivity index (χ4v) is 2.50. The quantitative estimate of drug-likeness (QED) is 0.856. The maximum Gasteiger partial charge on any atom is 0.245 e. The molecule has 1 saturated heterocycles. The fraction of sp³-hybridized carbons (Fsp3) is 0.545. The standard InChI is InChI=1S/C11H15BrN4O2/c1-6-10(12)8(15(3)14-6)4-16-5-9(17)13-7(2)11(16)18/h7H,4-5H2,1-3H3,(H,13,17). The zero-order valence-electron chi connectivity index (χ0n) is 10.5. The first-order chi connectivity index (χ1) is 8.40. The van der Waals surface area contributed by atoms with Gasteiger partial charge in [0.1, 0.15) is 12.6 Å². The van der Waals surface area contributed by atoms with Crippen molar-refractivity contribution in [3.63, 3.8) is 0 Å². The number of halogens is 1. The van der Waals surface area contributed by atoms with Gasteiger partial charge in [0, 0.05) is 7.05 Å². The Morgan fingerprint density at radius 1 is 1.50 bits per heavy atom. The molecule has 0 bridgehead atoms. The summed E-state index contributed by atoms with van der Waals surface area (Å²) in [7, 11) is 1.82. The zero-order chi connectivity index (χ0) is 13.4. The van der Waals surface area contributed by atoms with E-state index in [2.05, 4.69) is 26.3 Å².